The summed E-state index contributed by atoms with van der Waals surface area (Å²) in [7, 11) is 0. The molecule has 3 aromatic rings. The highest BCUT2D eigenvalue weighted by molar-refractivity contribution is 6.03. The number of ether oxygens (including phenoxy) is 1. The Labute approximate surface area is 230 Å². The van der Waals surface area contributed by atoms with E-state index in [1.807, 2.05) is 18.2 Å². The fraction of sp³-hybridized carbons (Fsp3) is 0.355. The van der Waals surface area contributed by atoms with Crippen LogP contribution in [0.25, 0.3) is 11.1 Å². The number of urea groups is 1. The first-order valence-electron chi connectivity index (χ1n) is 13.5. The summed E-state index contributed by atoms with van der Waals surface area (Å²) < 4.78 is 44.3. The molecule has 0 aromatic heterocycles. The second kappa shape index (κ2) is 11.6. The lowest BCUT2D eigenvalue weighted by atomic mass is 9.77. The van der Waals surface area contributed by atoms with E-state index in [-0.39, 0.29) is 12.1 Å². The highest BCUT2D eigenvalue weighted by atomic mass is 19.4. The Balaban J connectivity index is 1.23. The van der Waals surface area contributed by atoms with Crippen molar-refractivity contribution >= 4 is 23.4 Å². The molecule has 0 spiro atoms. The third-order valence-corrected chi connectivity index (χ3v) is 7.86. The quantitative estimate of drug-likeness (QED) is 0.325. The molecule has 5 rings (SSSR count). The van der Waals surface area contributed by atoms with Crippen LogP contribution in [-0.4, -0.2) is 30.3 Å². The molecule has 0 unspecified atom stereocenters. The molecule has 0 saturated heterocycles. The largest absolute Gasteiger partial charge is 0.490 e. The van der Waals surface area contributed by atoms with Crippen LogP contribution in [-0.2, 0) is 11.0 Å². The van der Waals surface area contributed by atoms with Gasteiger partial charge in [-0.1, -0.05) is 30.3 Å². The van der Waals surface area contributed by atoms with E-state index in [9.17, 15) is 22.8 Å². The summed E-state index contributed by atoms with van der Waals surface area (Å²) in [5.41, 5.74) is 3.36. The molecule has 1 heterocycles. The van der Waals surface area contributed by atoms with Crippen molar-refractivity contribution in [2.45, 2.75) is 50.6 Å². The molecule has 1 aliphatic carbocycles. The molecule has 40 heavy (non-hydrogen) atoms. The smallest absolute Gasteiger partial charge is 0.416 e. The Hall–Kier alpha value is -4.01. The molecular formula is C31H31F3N2O4. The molecule has 3 aromatic carbocycles. The number of carboxylic acid groups (broad SMARTS) is 1. The van der Waals surface area contributed by atoms with Crippen LogP contribution in [0.15, 0.2) is 66.7 Å². The number of hydrogen-bond acceptors (Lipinski definition) is 3. The van der Waals surface area contributed by atoms with Gasteiger partial charge in [0, 0.05) is 12.1 Å². The third kappa shape index (κ3) is 6.41. The molecule has 2 aliphatic rings. The van der Waals surface area contributed by atoms with Crippen LogP contribution in [0, 0.1) is 5.92 Å². The number of amides is 2. The van der Waals surface area contributed by atoms with Gasteiger partial charge < -0.3 is 15.2 Å². The molecule has 9 heteroatoms. The number of carbonyl (C=O) groups is 2. The zero-order chi connectivity index (χ0) is 28.3. The highest BCUT2D eigenvalue weighted by Gasteiger charge is 2.30. The number of anilines is 2. The highest BCUT2D eigenvalue weighted by Crippen LogP contribution is 2.39. The Kier molecular flexibility index (Phi) is 8.00. The number of nitrogens with one attached hydrogen (secondary N) is 1. The number of nitrogens with zero attached hydrogens (tertiary/aromatic N) is 1. The zero-order valence-corrected chi connectivity index (χ0v) is 21.9. The normalized spacial score (nSPS) is 18.9. The van der Waals surface area contributed by atoms with Crippen molar-refractivity contribution < 1.29 is 32.6 Å². The lowest BCUT2D eigenvalue weighted by molar-refractivity contribution is -0.138. The molecule has 1 fully saturated rings. The van der Waals surface area contributed by atoms with Gasteiger partial charge in [0.05, 0.1) is 17.8 Å². The van der Waals surface area contributed by atoms with Crippen molar-refractivity contribution in [3.05, 3.63) is 77.9 Å². The van der Waals surface area contributed by atoms with Gasteiger partial charge in [-0.05, 0) is 97.0 Å². The van der Waals surface area contributed by atoms with Crippen LogP contribution in [0.3, 0.4) is 0 Å². The number of alkyl halides is 3. The molecule has 0 radical (unpaired) electrons. The molecular weight excluding hydrogens is 521 g/mol. The number of carboxylic acids is 1. The second-order valence-electron chi connectivity index (χ2n) is 10.5. The minimum Gasteiger partial charge on any atom is -0.490 e. The first-order valence-corrected chi connectivity index (χ1v) is 13.5. The Morgan fingerprint density at radius 2 is 1.60 bits per heavy atom. The fourth-order valence-corrected chi connectivity index (χ4v) is 5.60. The van der Waals surface area contributed by atoms with E-state index in [2.05, 4.69) is 29.6 Å². The lowest BCUT2D eigenvalue weighted by Crippen LogP contribution is -2.40. The SMILES string of the molecule is O=C(O)CCC1CCC(c2ccc(-c3ccc4c(c3)OCCN4C(=O)Nc3ccc(C(F)(F)F)cc3)cc2)CC1. The summed E-state index contributed by atoms with van der Waals surface area (Å²) in [5, 5.41) is 11.6. The summed E-state index contributed by atoms with van der Waals surface area (Å²) in [5.74, 6) is 0.826. The van der Waals surface area contributed by atoms with Crippen LogP contribution in [0.4, 0.5) is 29.3 Å². The van der Waals surface area contributed by atoms with Gasteiger partial charge in [-0.15, -0.1) is 0 Å². The van der Waals surface area contributed by atoms with Crippen LogP contribution >= 0.6 is 0 Å². The van der Waals surface area contributed by atoms with E-state index < -0.39 is 23.7 Å². The number of rotatable bonds is 6. The average molecular weight is 553 g/mol. The minimum atomic E-state index is -4.44. The molecule has 210 valence electrons. The minimum absolute atomic E-state index is 0.246. The van der Waals surface area contributed by atoms with Crippen molar-refractivity contribution in [2.24, 2.45) is 5.92 Å². The predicted octanol–water partition coefficient (Wildman–Crippen LogP) is 7.94. The molecule has 2 amide bonds. The topological polar surface area (TPSA) is 78.9 Å². The summed E-state index contributed by atoms with van der Waals surface area (Å²) in [6.07, 6.45) is 0.830. The molecule has 1 saturated carbocycles. The summed E-state index contributed by atoms with van der Waals surface area (Å²) >= 11 is 0. The molecule has 1 aliphatic heterocycles. The van der Waals surface area contributed by atoms with E-state index in [0.29, 0.717) is 36.4 Å². The first kappa shape index (κ1) is 27.6. The number of hydrogen-bond donors (Lipinski definition) is 2. The van der Waals surface area contributed by atoms with E-state index >= 15 is 0 Å². The monoisotopic (exact) mass is 552 g/mol. The maximum Gasteiger partial charge on any atom is 0.416 e. The van der Waals surface area contributed by atoms with Crippen molar-refractivity contribution in [1.29, 1.82) is 0 Å². The maximum atomic E-state index is 13.0. The molecule has 6 nitrogen and oxygen atoms in total. The Morgan fingerprint density at radius 1 is 0.925 bits per heavy atom. The van der Waals surface area contributed by atoms with E-state index in [1.165, 1.54) is 22.6 Å². The van der Waals surface area contributed by atoms with Crippen molar-refractivity contribution in [1.82, 2.24) is 0 Å². The molecule has 0 atom stereocenters. The van der Waals surface area contributed by atoms with Gasteiger partial charge in [0.2, 0.25) is 0 Å². The standard InChI is InChI=1S/C31H31F3N2O4/c32-31(33,34)25-11-13-26(14-12-25)35-30(39)36-17-18-40-28-19-24(10-15-27(28)36)23-8-6-22(7-9-23)21-4-1-20(2-5-21)3-16-29(37)38/h6-15,19-21H,1-5,16-18H2,(H,35,39)(H,37,38). The van der Waals surface area contributed by atoms with Crippen LogP contribution in [0.5, 0.6) is 5.75 Å². The van der Waals surface area contributed by atoms with Gasteiger partial charge >= 0.3 is 18.2 Å². The predicted molar refractivity (Wildman–Crippen MR) is 147 cm³/mol. The average Bonchev–Trinajstić information content (AvgIpc) is 2.95. The summed E-state index contributed by atoms with van der Waals surface area (Å²) in [6.45, 7) is 0.608. The van der Waals surface area contributed by atoms with Crippen molar-refractivity contribution in [3.8, 4) is 16.9 Å². The fourth-order valence-electron chi connectivity index (χ4n) is 5.60. The first-order chi connectivity index (χ1) is 19.2. The Bertz CT molecular complexity index is 1350. The number of benzene rings is 3. The number of halogens is 3. The second-order valence-corrected chi connectivity index (χ2v) is 10.5. The molecule has 2 N–H and O–H groups in total. The Morgan fingerprint density at radius 3 is 2.25 bits per heavy atom. The van der Waals surface area contributed by atoms with Gasteiger partial charge in [-0.2, -0.15) is 13.2 Å². The summed E-state index contributed by atoms with van der Waals surface area (Å²) in [4.78, 5) is 25.3. The van der Waals surface area contributed by atoms with Crippen molar-refractivity contribution in [3.63, 3.8) is 0 Å². The third-order valence-electron chi connectivity index (χ3n) is 7.86. The number of aliphatic carboxylic acids is 1. The summed E-state index contributed by atoms with van der Waals surface area (Å²) in [6, 6.07) is 18.0. The lowest BCUT2D eigenvalue weighted by Gasteiger charge is -2.30. The van der Waals surface area contributed by atoms with E-state index in [0.717, 1.165) is 55.4 Å². The number of carbonyl (C=O) groups excluding carboxylic acids is 1. The van der Waals surface area contributed by atoms with Crippen LogP contribution < -0.4 is 15.0 Å². The van der Waals surface area contributed by atoms with Gasteiger partial charge in [0.1, 0.15) is 12.4 Å². The molecule has 0 bridgehead atoms. The van der Waals surface area contributed by atoms with E-state index in [4.69, 9.17) is 9.84 Å². The zero-order valence-electron chi connectivity index (χ0n) is 21.9. The number of fused-ring (bicyclic) bond motifs is 1. The van der Waals surface area contributed by atoms with Gasteiger partial charge in [-0.3, -0.25) is 9.69 Å². The van der Waals surface area contributed by atoms with Crippen molar-refractivity contribution in [2.75, 3.05) is 23.4 Å². The van der Waals surface area contributed by atoms with Gasteiger partial charge in [-0.25, -0.2) is 4.79 Å². The van der Waals surface area contributed by atoms with Gasteiger partial charge in [0.25, 0.3) is 0 Å². The maximum absolute atomic E-state index is 13.0. The van der Waals surface area contributed by atoms with E-state index in [1.54, 1.807) is 0 Å². The van der Waals surface area contributed by atoms with Crippen LogP contribution in [0.2, 0.25) is 0 Å². The van der Waals surface area contributed by atoms with Crippen LogP contribution in [0.1, 0.15) is 55.6 Å². The van der Waals surface area contributed by atoms with Gasteiger partial charge in [0.15, 0.2) is 0 Å².